The highest BCUT2D eigenvalue weighted by Crippen LogP contribution is 2.30. The number of nitrogens with one attached hydrogen (secondary N) is 1. The number of carbonyl (C=O) groups is 2. The Morgan fingerprint density at radius 1 is 0.933 bits per heavy atom. The standard InChI is InChI=1S/C23H17Cl2N3O2/c1-28(14-21(29)27-22-19(24)11-6-12-20(22)25)23(30)18-10-5-4-9-17(18)16-8-3-2-7-15(16)13-26/h2-12H,14H2,1H3,(H,27,29). The van der Waals surface area contributed by atoms with Gasteiger partial charge in [-0.2, -0.15) is 5.26 Å². The van der Waals surface area contributed by atoms with Gasteiger partial charge in [-0.15, -0.1) is 0 Å². The van der Waals surface area contributed by atoms with Gasteiger partial charge in [-0.3, -0.25) is 9.59 Å². The first-order chi connectivity index (χ1) is 14.4. The number of nitriles is 1. The van der Waals surface area contributed by atoms with Gasteiger partial charge in [-0.05, 0) is 29.8 Å². The molecular formula is C23H17Cl2N3O2. The van der Waals surface area contributed by atoms with Gasteiger partial charge in [0, 0.05) is 18.2 Å². The average molecular weight is 438 g/mol. The SMILES string of the molecule is CN(CC(=O)Nc1c(Cl)cccc1Cl)C(=O)c1ccccc1-c1ccccc1C#N. The molecule has 0 atom stereocenters. The van der Waals surface area contributed by atoms with Crippen molar-refractivity contribution < 1.29 is 9.59 Å². The van der Waals surface area contributed by atoms with E-state index in [2.05, 4.69) is 11.4 Å². The van der Waals surface area contributed by atoms with Crippen molar-refractivity contribution in [1.82, 2.24) is 4.90 Å². The van der Waals surface area contributed by atoms with Crippen LogP contribution in [0.5, 0.6) is 0 Å². The number of hydrogen-bond donors (Lipinski definition) is 1. The lowest BCUT2D eigenvalue weighted by Crippen LogP contribution is -2.35. The second-order valence-electron chi connectivity index (χ2n) is 6.51. The molecule has 0 unspecified atom stereocenters. The van der Waals surface area contributed by atoms with E-state index in [1.54, 1.807) is 60.7 Å². The van der Waals surface area contributed by atoms with E-state index in [-0.39, 0.29) is 12.5 Å². The molecule has 5 nitrogen and oxygen atoms in total. The molecule has 0 saturated carbocycles. The Bertz CT molecular complexity index is 1130. The molecule has 0 aromatic heterocycles. The molecule has 3 aromatic rings. The molecule has 0 aliphatic heterocycles. The molecule has 3 aromatic carbocycles. The van der Waals surface area contributed by atoms with Crippen molar-refractivity contribution in [1.29, 1.82) is 5.26 Å². The fourth-order valence-electron chi connectivity index (χ4n) is 3.01. The van der Waals surface area contributed by atoms with E-state index in [4.69, 9.17) is 23.2 Å². The lowest BCUT2D eigenvalue weighted by Gasteiger charge is -2.19. The van der Waals surface area contributed by atoms with Gasteiger partial charge in [0.2, 0.25) is 5.91 Å². The average Bonchev–Trinajstić information content (AvgIpc) is 2.75. The van der Waals surface area contributed by atoms with Crippen molar-refractivity contribution in [2.45, 2.75) is 0 Å². The smallest absolute Gasteiger partial charge is 0.254 e. The third kappa shape index (κ3) is 4.62. The molecule has 150 valence electrons. The maximum Gasteiger partial charge on any atom is 0.254 e. The molecule has 2 amide bonds. The summed E-state index contributed by atoms with van der Waals surface area (Å²) in [6, 6.07) is 21.1. The molecule has 30 heavy (non-hydrogen) atoms. The summed E-state index contributed by atoms with van der Waals surface area (Å²) in [6.45, 7) is -0.200. The van der Waals surface area contributed by atoms with Gasteiger partial charge >= 0.3 is 0 Å². The van der Waals surface area contributed by atoms with Gasteiger partial charge in [0.1, 0.15) is 0 Å². The Labute approximate surface area is 184 Å². The molecule has 0 radical (unpaired) electrons. The van der Waals surface area contributed by atoms with E-state index in [0.29, 0.717) is 38.0 Å². The van der Waals surface area contributed by atoms with Crippen LogP contribution >= 0.6 is 23.2 Å². The molecule has 0 bridgehead atoms. The van der Waals surface area contributed by atoms with E-state index in [1.165, 1.54) is 11.9 Å². The minimum absolute atomic E-state index is 0.200. The van der Waals surface area contributed by atoms with E-state index >= 15 is 0 Å². The Balaban J connectivity index is 1.82. The quantitative estimate of drug-likeness (QED) is 0.592. The number of anilines is 1. The summed E-state index contributed by atoms with van der Waals surface area (Å²) in [5.74, 6) is -0.783. The van der Waals surface area contributed by atoms with Crippen LogP contribution in [0.25, 0.3) is 11.1 Å². The van der Waals surface area contributed by atoms with Gasteiger partial charge < -0.3 is 10.2 Å². The van der Waals surface area contributed by atoms with Crippen molar-refractivity contribution in [3.05, 3.63) is 87.9 Å². The number of hydrogen-bond acceptors (Lipinski definition) is 3. The fourth-order valence-corrected chi connectivity index (χ4v) is 3.50. The zero-order valence-corrected chi connectivity index (χ0v) is 17.5. The van der Waals surface area contributed by atoms with Crippen LogP contribution in [0.15, 0.2) is 66.7 Å². The number of rotatable bonds is 5. The highest BCUT2D eigenvalue weighted by atomic mass is 35.5. The summed E-state index contributed by atoms with van der Waals surface area (Å²) < 4.78 is 0. The first-order valence-electron chi connectivity index (χ1n) is 9.00. The lowest BCUT2D eigenvalue weighted by molar-refractivity contribution is -0.116. The third-order valence-corrected chi connectivity index (χ3v) is 5.08. The van der Waals surface area contributed by atoms with Crippen molar-refractivity contribution >= 4 is 40.7 Å². The Morgan fingerprint density at radius 2 is 1.53 bits per heavy atom. The summed E-state index contributed by atoms with van der Waals surface area (Å²) in [6.07, 6.45) is 0. The van der Waals surface area contributed by atoms with Gasteiger partial charge in [-0.25, -0.2) is 0 Å². The minimum atomic E-state index is -0.434. The monoisotopic (exact) mass is 437 g/mol. The van der Waals surface area contributed by atoms with Crippen LogP contribution in [0.2, 0.25) is 10.0 Å². The van der Waals surface area contributed by atoms with Crippen molar-refractivity contribution in [2.24, 2.45) is 0 Å². The van der Waals surface area contributed by atoms with E-state index in [1.807, 2.05) is 6.07 Å². The predicted molar refractivity (Wildman–Crippen MR) is 119 cm³/mol. The number of nitrogens with zero attached hydrogens (tertiary/aromatic N) is 2. The molecule has 7 heteroatoms. The van der Waals surface area contributed by atoms with Crippen LogP contribution in [0.4, 0.5) is 5.69 Å². The first-order valence-corrected chi connectivity index (χ1v) is 9.76. The molecule has 3 rings (SSSR count). The second kappa shape index (κ2) is 9.45. The van der Waals surface area contributed by atoms with Gasteiger partial charge in [0.15, 0.2) is 0 Å². The highest BCUT2D eigenvalue weighted by Gasteiger charge is 2.20. The van der Waals surface area contributed by atoms with Crippen LogP contribution in [-0.4, -0.2) is 30.3 Å². The van der Waals surface area contributed by atoms with Crippen molar-refractivity contribution in [3.8, 4) is 17.2 Å². The fraction of sp³-hybridized carbons (Fsp3) is 0.0870. The van der Waals surface area contributed by atoms with Crippen LogP contribution in [0, 0.1) is 11.3 Å². The number of amides is 2. The molecular weight excluding hydrogens is 421 g/mol. The van der Waals surface area contributed by atoms with Crippen LogP contribution in [-0.2, 0) is 4.79 Å². The van der Waals surface area contributed by atoms with Crippen LogP contribution in [0.1, 0.15) is 15.9 Å². The molecule has 1 N–H and O–H groups in total. The molecule has 0 aliphatic carbocycles. The van der Waals surface area contributed by atoms with E-state index in [9.17, 15) is 14.9 Å². The Hall–Kier alpha value is -3.33. The van der Waals surface area contributed by atoms with Gasteiger partial charge in [0.05, 0.1) is 33.9 Å². The number of halogens is 2. The van der Waals surface area contributed by atoms with Crippen LogP contribution < -0.4 is 5.32 Å². The van der Waals surface area contributed by atoms with E-state index < -0.39 is 5.91 Å². The number of likely N-dealkylation sites (N-methyl/N-ethyl adjacent to an activating group) is 1. The summed E-state index contributed by atoms with van der Waals surface area (Å²) in [5, 5.41) is 12.7. The molecule has 0 aliphatic rings. The number of benzene rings is 3. The van der Waals surface area contributed by atoms with Crippen molar-refractivity contribution in [3.63, 3.8) is 0 Å². The zero-order valence-electron chi connectivity index (χ0n) is 16.0. The lowest BCUT2D eigenvalue weighted by atomic mass is 9.95. The highest BCUT2D eigenvalue weighted by molar-refractivity contribution is 6.39. The third-order valence-electron chi connectivity index (χ3n) is 4.45. The zero-order chi connectivity index (χ0) is 21.7. The van der Waals surface area contributed by atoms with Gasteiger partial charge in [-0.1, -0.05) is 65.7 Å². The summed E-state index contributed by atoms with van der Waals surface area (Å²) in [5.41, 5.74) is 2.44. The Kier molecular flexibility index (Phi) is 6.73. The maximum atomic E-state index is 13.1. The number of carbonyl (C=O) groups excluding carboxylic acids is 2. The number of para-hydroxylation sites is 1. The summed E-state index contributed by atoms with van der Waals surface area (Å²) >= 11 is 12.2. The largest absolute Gasteiger partial charge is 0.332 e. The predicted octanol–water partition coefficient (Wildman–Crippen LogP) is 5.24. The van der Waals surface area contributed by atoms with Gasteiger partial charge in [0.25, 0.3) is 5.91 Å². The second-order valence-corrected chi connectivity index (χ2v) is 7.32. The minimum Gasteiger partial charge on any atom is -0.332 e. The summed E-state index contributed by atoms with van der Waals surface area (Å²) in [4.78, 5) is 26.8. The topological polar surface area (TPSA) is 73.2 Å². The normalized spacial score (nSPS) is 10.2. The van der Waals surface area contributed by atoms with Crippen molar-refractivity contribution in [2.75, 3.05) is 18.9 Å². The maximum absolute atomic E-state index is 13.1. The molecule has 0 fully saturated rings. The summed E-state index contributed by atoms with van der Waals surface area (Å²) in [7, 11) is 1.53. The first kappa shape index (κ1) is 21.4. The Morgan fingerprint density at radius 3 is 2.20 bits per heavy atom. The molecule has 0 saturated heterocycles. The van der Waals surface area contributed by atoms with Crippen LogP contribution in [0.3, 0.4) is 0 Å². The molecule has 0 spiro atoms. The molecule has 0 heterocycles. The van der Waals surface area contributed by atoms with E-state index in [0.717, 1.165) is 0 Å².